The fraction of sp³-hybridized carbons (Fsp3) is 0.364. The standard InChI is InChI=1S/C11H14BrNO5S/c1-18-7-6-13(8-11(14)15)19(16,17)10-4-2-9(12)3-5-10/h2-5H,6-8H2,1H3,(H,14,15). The van der Waals surface area contributed by atoms with Gasteiger partial charge in [-0.1, -0.05) is 15.9 Å². The Labute approximate surface area is 120 Å². The van der Waals surface area contributed by atoms with Gasteiger partial charge in [-0.2, -0.15) is 4.31 Å². The lowest BCUT2D eigenvalue weighted by molar-refractivity contribution is -0.137. The fourth-order valence-corrected chi connectivity index (χ4v) is 3.02. The van der Waals surface area contributed by atoms with E-state index in [0.717, 1.165) is 8.78 Å². The Bertz CT molecular complexity index is 529. The van der Waals surface area contributed by atoms with E-state index in [9.17, 15) is 13.2 Å². The first kappa shape index (κ1) is 16.1. The minimum atomic E-state index is -3.83. The van der Waals surface area contributed by atoms with E-state index < -0.39 is 22.5 Å². The van der Waals surface area contributed by atoms with Crippen LogP contribution in [0.2, 0.25) is 0 Å². The smallest absolute Gasteiger partial charge is 0.318 e. The van der Waals surface area contributed by atoms with Gasteiger partial charge in [0.25, 0.3) is 0 Å². The molecule has 0 spiro atoms. The van der Waals surface area contributed by atoms with Crippen molar-refractivity contribution in [2.45, 2.75) is 4.90 Å². The Kier molecular flexibility index (Phi) is 5.92. The maximum Gasteiger partial charge on any atom is 0.318 e. The summed E-state index contributed by atoms with van der Waals surface area (Å²) in [5.41, 5.74) is 0. The summed E-state index contributed by atoms with van der Waals surface area (Å²) in [6.45, 7) is -0.480. The molecule has 0 aliphatic heterocycles. The molecule has 106 valence electrons. The SMILES string of the molecule is COCCN(CC(=O)O)S(=O)(=O)c1ccc(Br)cc1. The Morgan fingerprint density at radius 3 is 2.42 bits per heavy atom. The molecule has 1 rings (SSSR count). The molecule has 6 nitrogen and oxygen atoms in total. The summed E-state index contributed by atoms with van der Waals surface area (Å²) >= 11 is 3.21. The Hall–Kier alpha value is -0.960. The van der Waals surface area contributed by atoms with Crippen molar-refractivity contribution in [1.82, 2.24) is 4.31 Å². The number of hydrogen-bond donors (Lipinski definition) is 1. The fourth-order valence-electron chi connectivity index (χ4n) is 1.38. The Morgan fingerprint density at radius 2 is 1.95 bits per heavy atom. The summed E-state index contributed by atoms with van der Waals surface area (Å²) in [7, 11) is -2.41. The van der Waals surface area contributed by atoms with Gasteiger partial charge in [0, 0.05) is 18.1 Å². The third kappa shape index (κ3) is 4.57. The number of carboxylic acid groups (broad SMARTS) is 1. The molecule has 0 radical (unpaired) electrons. The molecule has 0 aliphatic rings. The highest BCUT2D eigenvalue weighted by Crippen LogP contribution is 2.18. The molecule has 0 aliphatic carbocycles. The molecule has 1 aromatic rings. The van der Waals surface area contributed by atoms with Gasteiger partial charge in [0.1, 0.15) is 6.54 Å². The normalized spacial score (nSPS) is 11.7. The molecule has 8 heteroatoms. The van der Waals surface area contributed by atoms with Crippen LogP contribution in [-0.2, 0) is 19.6 Å². The second kappa shape index (κ2) is 6.99. The molecule has 0 saturated heterocycles. The summed E-state index contributed by atoms with van der Waals surface area (Å²) in [5.74, 6) is -1.21. The summed E-state index contributed by atoms with van der Waals surface area (Å²) < 4.78 is 31.0. The van der Waals surface area contributed by atoms with E-state index in [1.165, 1.54) is 19.2 Å². The first-order chi connectivity index (χ1) is 8.87. The second-order valence-electron chi connectivity index (χ2n) is 3.68. The molecule has 0 bridgehead atoms. The average Bonchev–Trinajstić information content (AvgIpc) is 2.34. The van der Waals surface area contributed by atoms with Crippen LogP contribution < -0.4 is 0 Å². The van der Waals surface area contributed by atoms with Gasteiger partial charge in [0.2, 0.25) is 10.0 Å². The van der Waals surface area contributed by atoms with Gasteiger partial charge in [0.05, 0.1) is 11.5 Å². The lowest BCUT2D eigenvalue weighted by Gasteiger charge is -2.19. The van der Waals surface area contributed by atoms with E-state index in [1.807, 2.05) is 0 Å². The van der Waals surface area contributed by atoms with Gasteiger partial charge >= 0.3 is 5.97 Å². The van der Waals surface area contributed by atoms with Crippen molar-refractivity contribution in [3.05, 3.63) is 28.7 Å². The van der Waals surface area contributed by atoms with E-state index in [2.05, 4.69) is 15.9 Å². The zero-order valence-corrected chi connectivity index (χ0v) is 12.6. The Balaban J connectivity index is 3.03. The molecule has 0 atom stereocenters. The van der Waals surface area contributed by atoms with Crippen LogP contribution in [0.1, 0.15) is 0 Å². The largest absolute Gasteiger partial charge is 0.480 e. The molecular weight excluding hydrogens is 338 g/mol. The van der Waals surface area contributed by atoms with E-state index in [4.69, 9.17) is 9.84 Å². The third-order valence-electron chi connectivity index (χ3n) is 2.31. The number of methoxy groups -OCH3 is 1. The minimum absolute atomic E-state index is 0.0127. The summed E-state index contributed by atoms with van der Waals surface area (Å²) in [6, 6.07) is 6.01. The zero-order chi connectivity index (χ0) is 14.5. The van der Waals surface area contributed by atoms with Crippen molar-refractivity contribution in [3.63, 3.8) is 0 Å². The van der Waals surface area contributed by atoms with E-state index in [-0.39, 0.29) is 18.0 Å². The number of sulfonamides is 1. The van der Waals surface area contributed by atoms with Gasteiger partial charge < -0.3 is 9.84 Å². The number of aliphatic carboxylic acids is 1. The van der Waals surface area contributed by atoms with Crippen LogP contribution in [0, 0.1) is 0 Å². The van der Waals surface area contributed by atoms with Gasteiger partial charge in [0.15, 0.2) is 0 Å². The van der Waals surface area contributed by atoms with Crippen molar-refractivity contribution < 1.29 is 23.1 Å². The van der Waals surface area contributed by atoms with Crippen LogP contribution in [0.3, 0.4) is 0 Å². The molecule has 0 heterocycles. The van der Waals surface area contributed by atoms with Crippen molar-refractivity contribution in [3.8, 4) is 0 Å². The highest BCUT2D eigenvalue weighted by Gasteiger charge is 2.26. The predicted molar refractivity (Wildman–Crippen MR) is 72.4 cm³/mol. The topological polar surface area (TPSA) is 83.9 Å². The van der Waals surface area contributed by atoms with Crippen LogP contribution in [0.5, 0.6) is 0 Å². The molecule has 0 saturated carbocycles. The Morgan fingerprint density at radius 1 is 1.37 bits per heavy atom. The van der Waals surface area contributed by atoms with Crippen LogP contribution in [0.4, 0.5) is 0 Å². The molecule has 1 N–H and O–H groups in total. The molecule has 0 fully saturated rings. The summed E-state index contributed by atoms with van der Waals surface area (Å²) in [4.78, 5) is 10.8. The molecule has 0 aromatic heterocycles. The van der Waals surface area contributed by atoms with Crippen molar-refractivity contribution in [2.75, 3.05) is 26.8 Å². The van der Waals surface area contributed by atoms with Crippen LogP contribution in [0.25, 0.3) is 0 Å². The quantitative estimate of drug-likeness (QED) is 0.797. The van der Waals surface area contributed by atoms with Crippen LogP contribution in [0.15, 0.2) is 33.6 Å². The van der Waals surface area contributed by atoms with Gasteiger partial charge in [-0.25, -0.2) is 8.42 Å². The first-order valence-electron chi connectivity index (χ1n) is 5.34. The van der Waals surface area contributed by atoms with Gasteiger partial charge in [-0.05, 0) is 24.3 Å². The van der Waals surface area contributed by atoms with Crippen molar-refractivity contribution in [2.24, 2.45) is 0 Å². The molecule has 1 aromatic carbocycles. The van der Waals surface area contributed by atoms with Crippen molar-refractivity contribution >= 4 is 31.9 Å². The lowest BCUT2D eigenvalue weighted by atomic mass is 10.4. The molecular formula is C11H14BrNO5S. The maximum atomic E-state index is 12.3. The highest BCUT2D eigenvalue weighted by molar-refractivity contribution is 9.10. The molecule has 0 unspecified atom stereocenters. The highest BCUT2D eigenvalue weighted by atomic mass is 79.9. The summed E-state index contributed by atoms with van der Waals surface area (Å²) in [6.07, 6.45) is 0. The number of hydrogen-bond acceptors (Lipinski definition) is 4. The number of halogens is 1. The van der Waals surface area contributed by atoms with Crippen molar-refractivity contribution in [1.29, 1.82) is 0 Å². The number of ether oxygens (including phenoxy) is 1. The molecule has 0 amide bonds. The molecule has 19 heavy (non-hydrogen) atoms. The number of benzene rings is 1. The number of carboxylic acids is 1. The number of nitrogens with zero attached hydrogens (tertiary/aromatic N) is 1. The maximum absolute atomic E-state index is 12.3. The first-order valence-corrected chi connectivity index (χ1v) is 7.57. The summed E-state index contributed by atoms with van der Waals surface area (Å²) in [5, 5.41) is 8.78. The average molecular weight is 352 g/mol. The number of carbonyl (C=O) groups is 1. The zero-order valence-electron chi connectivity index (χ0n) is 10.2. The monoisotopic (exact) mass is 351 g/mol. The van der Waals surface area contributed by atoms with Crippen LogP contribution >= 0.6 is 15.9 Å². The lowest BCUT2D eigenvalue weighted by Crippen LogP contribution is -2.37. The van der Waals surface area contributed by atoms with Gasteiger partial charge in [-0.15, -0.1) is 0 Å². The van der Waals surface area contributed by atoms with Crippen LogP contribution in [-0.4, -0.2) is 50.6 Å². The van der Waals surface area contributed by atoms with Gasteiger partial charge in [-0.3, -0.25) is 4.79 Å². The van der Waals surface area contributed by atoms with E-state index >= 15 is 0 Å². The predicted octanol–water partition coefficient (Wildman–Crippen LogP) is 1.17. The van der Waals surface area contributed by atoms with E-state index in [0.29, 0.717) is 0 Å². The third-order valence-corrected chi connectivity index (χ3v) is 4.70. The second-order valence-corrected chi connectivity index (χ2v) is 6.53. The number of rotatable bonds is 7. The minimum Gasteiger partial charge on any atom is -0.480 e. The van der Waals surface area contributed by atoms with E-state index in [1.54, 1.807) is 12.1 Å².